The van der Waals surface area contributed by atoms with Gasteiger partial charge in [0.1, 0.15) is 11.8 Å². The minimum atomic E-state index is -1.18. The predicted molar refractivity (Wildman–Crippen MR) is 163 cm³/mol. The van der Waals surface area contributed by atoms with Gasteiger partial charge in [-0.25, -0.2) is 4.99 Å². The van der Waals surface area contributed by atoms with Gasteiger partial charge in [0.05, 0.1) is 11.4 Å². The number of benzene rings is 4. The summed E-state index contributed by atoms with van der Waals surface area (Å²) in [7, 11) is 1.65. The molecular formula is C34H32N4O4. The number of anilines is 1. The second-order valence-electron chi connectivity index (χ2n) is 10.1. The molecule has 0 spiro atoms. The second kappa shape index (κ2) is 12.5. The maximum absolute atomic E-state index is 13.4. The number of ether oxygens (including phenoxy) is 1. The molecule has 0 saturated heterocycles. The van der Waals surface area contributed by atoms with Crippen molar-refractivity contribution in [3.05, 3.63) is 120 Å². The zero-order valence-electron chi connectivity index (χ0n) is 23.7. The third kappa shape index (κ3) is 6.23. The van der Waals surface area contributed by atoms with E-state index in [1.807, 2.05) is 97.1 Å². The molecule has 1 heterocycles. The molecule has 0 fully saturated rings. The van der Waals surface area contributed by atoms with Crippen molar-refractivity contribution in [3.63, 3.8) is 0 Å². The topological polar surface area (TPSA) is 100 Å². The number of carbonyl (C=O) groups excluding carboxylic acids is 3. The summed E-state index contributed by atoms with van der Waals surface area (Å²) in [6.07, 6.45) is -2.04. The molecule has 4 aromatic carbocycles. The van der Waals surface area contributed by atoms with Crippen molar-refractivity contribution >= 4 is 29.1 Å². The summed E-state index contributed by atoms with van der Waals surface area (Å²) in [6.45, 7) is 3.17. The molecule has 212 valence electrons. The molecule has 0 aliphatic carbocycles. The van der Waals surface area contributed by atoms with Gasteiger partial charge in [-0.1, -0.05) is 91.0 Å². The van der Waals surface area contributed by atoms with E-state index in [9.17, 15) is 14.4 Å². The first-order valence-electron chi connectivity index (χ1n) is 13.7. The van der Waals surface area contributed by atoms with Crippen LogP contribution < -0.4 is 20.3 Å². The lowest BCUT2D eigenvalue weighted by atomic mass is 10.0. The van der Waals surface area contributed by atoms with E-state index in [-0.39, 0.29) is 0 Å². The van der Waals surface area contributed by atoms with Crippen molar-refractivity contribution in [3.8, 4) is 16.9 Å². The summed E-state index contributed by atoms with van der Waals surface area (Å²) in [4.78, 5) is 45.6. The van der Waals surface area contributed by atoms with Crippen molar-refractivity contribution in [1.82, 2.24) is 10.6 Å². The quantitative estimate of drug-likeness (QED) is 0.330. The van der Waals surface area contributed by atoms with Crippen molar-refractivity contribution in [2.75, 3.05) is 11.9 Å². The fourth-order valence-corrected chi connectivity index (χ4v) is 4.71. The highest BCUT2D eigenvalue weighted by Gasteiger charge is 2.32. The van der Waals surface area contributed by atoms with Gasteiger partial charge in [-0.3, -0.25) is 14.4 Å². The standard InChI is InChI=1S/C34H32N4O4/c1-22(35-33(40)23(2)42-27-20-18-25(19-21-27)24-12-6-4-7-13-24)32(39)37-31-34(41)38(3)29-17-11-10-16-28(29)30(36-31)26-14-8-5-9-15-26/h4-23,31H,1-3H3,(H,35,40)(H,37,39)/t22-,23?,31?/m0/s1. The number of benzodiazepines with no additional fused rings is 1. The summed E-state index contributed by atoms with van der Waals surface area (Å²) in [6, 6.07) is 33.4. The maximum atomic E-state index is 13.4. The molecule has 0 radical (unpaired) electrons. The SMILES string of the molecule is CC(Oc1ccc(-c2ccccc2)cc1)C(=O)N[C@@H](C)C(=O)NC1N=C(c2ccccc2)c2ccccc2N(C)C1=O. The zero-order valence-corrected chi connectivity index (χ0v) is 23.7. The Bertz CT molecular complexity index is 1600. The van der Waals surface area contributed by atoms with Gasteiger partial charge in [0.2, 0.25) is 12.1 Å². The number of aliphatic imine (C=N–C) groups is 1. The number of fused-ring (bicyclic) bond motifs is 1. The van der Waals surface area contributed by atoms with Gasteiger partial charge in [0.25, 0.3) is 11.8 Å². The van der Waals surface area contributed by atoms with Crippen LogP contribution in [0.5, 0.6) is 5.75 Å². The Morgan fingerprint density at radius 3 is 2.00 bits per heavy atom. The Kier molecular flexibility index (Phi) is 8.43. The molecule has 8 heteroatoms. The fraction of sp³-hybridized carbons (Fsp3) is 0.176. The molecule has 3 amide bonds. The first-order chi connectivity index (χ1) is 20.3. The van der Waals surface area contributed by atoms with Crippen molar-refractivity contribution < 1.29 is 19.1 Å². The lowest BCUT2D eigenvalue weighted by molar-refractivity contribution is -0.133. The largest absolute Gasteiger partial charge is 0.481 e. The minimum Gasteiger partial charge on any atom is -0.481 e. The molecular weight excluding hydrogens is 528 g/mol. The van der Waals surface area contributed by atoms with E-state index in [2.05, 4.69) is 10.6 Å². The van der Waals surface area contributed by atoms with E-state index in [0.717, 1.165) is 22.3 Å². The van der Waals surface area contributed by atoms with Gasteiger partial charge in [0.15, 0.2) is 6.10 Å². The summed E-state index contributed by atoms with van der Waals surface area (Å²) < 4.78 is 5.82. The summed E-state index contributed by atoms with van der Waals surface area (Å²) in [5.41, 5.74) is 4.98. The minimum absolute atomic E-state index is 0.393. The van der Waals surface area contributed by atoms with E-state index >= 15 is 0 Å². The smallest absolute Gasteiger partial charge is 0.272 e. The van der Waals surface area contributed by atoms with Crippen LogP contribution in [0.1, 0.15) is 25.0 Å². The number of hydrogen-bond acceptors (Lipinski definition) is 5. The highest BCUT2D eigenvalue weighted by Crippen LogP contribution is 2.27. The van der Waals surface area contributed by atoms with Crippen LogP contribution in [0.3, 0.4) is 0 Å². The Morgan fingerprint density at radius 1 is 0.762 bits per heavy atom. The second-order valence-corrected chi connectivity index (χ2v) is 10.1. The van der Waals surface area contributed by atoms with Crippen molar-refractivity contribution in [2.45, 2.75) is 32.2 Å². The molecule has 4 aromatic rings. The highest BCUT2D eigenvalue weighted by atomic mass is 16.5. The normalized spacial score (nSPS) is 15.9. The van der Waals surface area contributed by atoms with E-state index in [0.29, 0.717) is 17.1 Å². The maximum Gasteiger partial charge on any atom is 0.272 e. The summed E-state index contributed by atoms with van der Waals surface area (Å²) >= 11 is 0. The third-order valence-corrected chi connectivity index (χ3v) is 7.06. The molecule has 2 N–H and O–H groups in total. The van der Waals surface area contributed by atoms with Crippen LogP contribution in [-0.4, -0.2) is 48.8 Å². The average Bonchev–Trinajstić information content (AvgIpc) is 3.12. The molecule has 0 saturated carbocycles. The van der Waals surface area contributed by atoms with Crippen LogP contribution >= 0.6 is 0 Å². The Hall–Kier alpha value is -5.24. The van der Waals surface area contributed by atoms with E-state index in [1.54, 1.807) is 33.0 Å². The fourth-order valence-electron chi connectivity index (χ4n) is 4.71. The molecule has 0 aromatic heterocycles. The molecule has 0 bridgehead atoms. The number of hydrogen-bond donors (Lipinski definition) is 2. The van der Waals surface area contributed by atoms with Crippen LogP contribution in [-0.2, 0) is 14.4 Å². The Morgan fingerprint density at radius 2 is 1.33 bits per heavy atom. The van der Waals surface area contributed by atoms with E-state index in [4.69, 9.17) is 9.73 Å². The molecule has 1 aliphatic rings. The molecule has 8 nitrogen and oxygen atoms in total. The number of likely N-dealkylation sites (N-methyl/N-ethyl adjacent to an activating group) is 1. The van der Waals surface area contributed by atoms with Crippen LogP contribution in [0, 0.1) is 0 Å². The molecule has 1 aliphatic heterocycles. The zero-order chi connectivity index (χ0) is 29.6. The first-order valence-corrected chi connectivity index (χ1v) is 13.7. The van der Waals surface area contributed by atoms with E-state index < -0.39 is 36.0 Å². The van der Waals surface area contributed by atoms with Gasteiger partial charge in [0, 0.05) is 18.2 Å². The lowest BCUT2D eigenvalue weighted by Gasteiger charge is -2.23. The van der Waals surface area contributed by atoms with Crippen molar-refractivity contribution in [2.24, 2.45) is 4.99 Å². The molecule has 3 atom stereocenters. The number of amides is 3. The average molecular weight is 561 g/mol. The van der Waals surface area contributed by atoms with E-state index in [1.165, 1.54) is 4.90 Å². The number of rotatable bonds is 8. The molecule has 42 heavy (non-hydrogen) atoms. The molecule has 5 rings (SSSR count). The van der Waals surface area contributed by atoms with Crippen LogP contribution in [0.25, 0.3) is 11.1 Å². The monoisotopic (exact) mass is 560 g/mol. The first kappa shape index (κ1) is 28.3. The highest BCUT2D eigenvalue weighted by molar-refractivity contribution is 6.20. The van der Waals surface area contributed by atoms with Gasteiger partial charge in [-0.2, -0.15) is 0 Å². The Labute approximate surface area is 245 Å². The van der Waals surface area contributed by atoms with Crippen molar-refractivity contribution in [1.29, 1.82) is 0 Å². The predicted octanol–water partition coefficient (Wildman–Crippen LogP) is 4.58. The third-order valence-electron chi connectivity index (χ3n) is 7.06. The number of nitrogens with one attached hydrogen (secondary N) is 2. The van der Waals surface area contributed by atoms with Crippen LogP contribution in [0.2, 0.25) is 0 Å². The van der Waals surface area contributed by atoms with Crippen LogP contribution in [0.15, 0.2) is 114 Å². The summed E-state index contributed by atoms with van der Waals surface area (Å²) in [5, 5.41) is 5.39. The van der Waals surface area contributed by atoms with Gasteiger partial charge < -0.3 is 20.3 Å². The lowest BCUT2D eigenvalue weighted by Crippen LogP contribution is -2.53. The Balaban J connectivity index is 1.25. The number of carbonyl (C=O) groups is 3. The molecule has 2 unspecified atom stereocenters. The van der Waals surface area contributed by atoms with Crippen LogP contribution in [0.4, 0.5) is 5.69 Å². The van der Waals surface area contributed by atoms with Gasteiger partial charge >= 0.3 is 0 Å². The van der Waals surface area contributed by atoms with Gasteiger partial charge in [-0.05, 0) is 43.2 Å². The number of para-hydroxylation sites is 1. The van der Waals surface area contributed by atoms with Gasteiger partial charge in [-0.15, -0.1) is 0 Å². The number of nitrogens with zero attached hydrogens (tertiary/aromatic N) is 2. The summed E-state index contributed by atoms with van der Waals surface area (Å²) in [5.74, 6) is -0.869.